The van der Waals surface area contributed by atoms with Crippen LogP contribution in [0.5, 0.6) is 0 Å². The second-order valence-corrected chi connectivity index (χ2v) is 4.81. The number of carbonyl (C=O) groups excluding carboxylic acids is 1. The summed E-state index contributed by atoms with van der Waals surface area (Å²) >= 11 is 0. The molecule has 2 rings (SSSR count). The van der Waals surface area contributed by atoms with Crippen LogP contribution in [0.3, 0.4) is 0 Å². The van der Waals surface area contributed by atoms with E-state index in [1.165, 1.54) is 5.56 Å². The molecular weight excluding hydrogens is 228 g/mol. The molecular formula is C14H20N2O2. The number of aryl methyl sites for hydroxylation is 2. The Hall–Kier alpha value is -1.39. The van der Waals surface area contributed by atoms with Gasteiger partial charge in [-0.1, -0.05) is 6.07 Å². The van der Waals surface area contributed by atoms with Gasteiger partial charge in [-0.3, -0.25) is 4.79 Å². The average Bonchev–Trinajstić information content (AvgIpc) is 2.79. The van der Waals surface area contributed by atoms with Crippen LogP contribution < -0.4 is 10.6 Å². The number of carbonyl (C=O) groups is 1. The van der Waals surface area contributed by atoms with Gasteiger partial charge in [0.05, 0.1) is 12.1 Å². The number of methoxy groups -OCH3 is 1. The average molecular weight is 248 g/mol. The number of nitrogens with one attached hydrogen (secondary N) is 2. The van der Waals surface area contributed by atoms with Crippen molar-refractivity contribution >= 4 is 5.91 Å². The summed E-state index contributed by atoms with van der Waals surface area (Å²) in [5.41, 5.74) is 3.04. The third-order valence-electron chi connectivity index (χ3n) is 3.55. The molecule has 1 heterocycles. The van der Waals surface area contributed by atoms with Crippen molar-refractivity contribution in [1.82, 2.24) is 10.6 Å². The molecule has 2 atom stereocenters. The van der Waals surface area contributed by atoms with Crippen LogP contribution in [0.25, 0.3) is 0 Å². The molecule has 18 heavy (non-hydrogen) atoms. The molecule has 1 aliphatic rings. The zero-order valence-corrected chi connectivity index (χ0v) is 11.1. The lowest BCUT2D eigenvalue weighted by atomic mass is 10.1. The lowest BCUT2D eigenvalue weighted by Crippen LogP contribution is -2.43. The van der Waals surface area contributed by atoms with Crippen LogP contribution in [-0.2, 0) is 4.74 Å². The molecule has 0 bridgehead atoms. The largest absolute Gasteiger partial charge is 0.378 e. The van der Waals surface area contributed by atoms with E-state index in [0.29, 0.717) is 5.56 Å². The molecule has 2 N–H and O–H groups in total. The highest BCUT2D eigenvalue weighted by Gasteiger charge is 2.28. The van der Waals surface area contributed by atoms with Crippen LogP contribution in [0.2, 0.25) is 0 Å². The summed E-state index contributed by atoms with van der Waals surface area (Å²) in [4.78, 5) is 12.1. The van der Waals surface area contributed by atoms with E-state index in [1.54, 1.807) is 7.11 Å². The van der Waals surface area contributed by atoms with Crippen LogP contribution in [-0.4, -0.2) is 38.3 Å². The van der Waals surface area contributed by atoms with Crippen LogP contribution in [0, 0.1) is 13.8 Å². The van der Waals surface area contributed by atoms with Gasteiger partial charge in [-0.25, -0.2) is 0 Å². The summed E-state index contributed by atoms with van der Waals surface area (Å²) in [6, 6.07) is 5.81. The quantitative estimate of drug-likeness (QED) is 0.839. The summed E-state index contributed by atoms with van der Waals surface area (Å²) < 4.78 is 5.33. The summed E-state index contributed by atoms with van der Waals surface area (Å²) in [5.74, 6) is -0.0335. The maximum Gasteiger partial charge on any atom is 0.251 e. The van der Waals surface area contributed by atoms with Crippen molar-refractivity contribution < 1.29 is 9.53 Å². The third-order valence-corrected chi connectivity index (χ3v) is 3.55. The molecule has 4 heteroatoms. The third kappa shape index (κ3) is 2.71. The first-order valence-electron chi connectivity index (χ1n) is 6.23. The Morgan fingerprint density at radius 1 is 1.33 bits per heavy atom. The van der Waals surface area contributed by atoms with Gasteiger partial charge >= 0.3 is 0 Å². The number of benzene rings is 1. The Bertz CT molecular complexity index is 445. The Morgan fingerprint density at radius 2 is 2.11 bits per heavy atom. The van der Waals surface area contributed by atoms with Crippen molar-refractivity contribution in [1.29, 1.82) is 0 Å². The molecule has 1 unspecified atom stereocenters. The summed E-state index contributed by atoms with van der Waals surface area (Å²) in [7, 11) is 1.67. The van der Waals surface area contributed by atoms with Crippen molar-refractivity contribution in [3.05, 3.63) is 34.9 Å². The maximum atomic E-state index is 12.1. The number of ether oxygens (including phenoxy) is 1. The molecule has 1 aliphatic heterocycles. The topological polar surface area (TPSA) is 50.4 Å². The fourth-order valence-electron chi connectivity index (χ4n) is 2.18. The van der Waals surface area contributed by atoms with Gasteiger partial charge in [0.2, 0.25) is 0 Å². The molecule has 0 aliphatic carbocycles. The molecule has 98 valence electrons. The minimum absolute atomic E-state index is 0.0335. The van der Waals surface area contributed by atoms with Crippen molar-refractivity contribution in [3.8, 4) is 0 Å². The molecule has 0 spiro atoms. The highest BCUT2D eigenvalue weighted by molar-refractivity contribution is 5.94. The fourth-order valence-corrected chi connectivity index (χ4v) is 2.18. The van der Waals surface area contributed by atoms with Crippen LogP contribution >= 0.6 is 0 Å². The Balaban J connectivity index is 2.05. The highest BCUT2D eigenvalue weighted by atomic mass is 16.5. The number of amides is 1. The standard InChI is InChI=1S/C14H20N2O2/c1-9-4-5-11(6-10(9)2)14(17)16-12-7-15-8-13(12)18-3/h4-6,12-13,15H,7-8H2,1-3H3,(H,16,17)/t12?,13-/m0/s1. The molecule has 1 aromatic rings. The number of rotatable bonds is 3. The minimum Gasteiger partial charge on any atom is -0.378 e. The first-order chi connectivity index (χ1) is 8.61. The Morgan fingerprint density at radius 3 is 2.78 bits per heavy atom. The molecule has 1 fully saturated rings. The maximum absolute atomic E-state index is 12.1. The van der Waals surface area contributed by atoms with Crippen molar-refractivity contribution in [2.24, 2.45) is 0 Å². The predicted molar refractivity (Wildman–Crippen MR) is 70.8 cm³/mol. The van der Waals surface area contributed by atoms with Crippen LogP contribution in [0.4, 0.5) is 0 Å². The van der Waals surface area contributed by atoms with Gasteiger partial charge in [0, 0.05) is 25.8 Å². The fraction of sp³-hybridized carbons (Fsp3) is 0.500. The van der Waals surface area contributed by atoms with E-state index in [2.05, 4.69) is 10.6 Å². The second kappa shape index (κ2) is 5.50. The summed E-state index contributed by atoms with van der Waals surface area (Å²) in [6.45, 7) is 5.60. The zero-order valence-electron chi connectivity index (χ0n) is 11.1. The van der Waals surface area contributed by atoms with Crippen LogP contribution in [0.1, 0.15) is 21.5 Å². The van der Waals surface area contributed by atoms with E-state index in [-0.39, 0.29) is 18.1 Å². The van der Waals surface area contributed by atoms with Gasteiger partial charge in [0.1, 0.15) is 0 Å². The molecule has 1 aromatic carbocycles. The molecule has 0 saturated carbocycles. The summed E-state index contributed by atoms with van der Waals surface area (Å²) in [6.07, 6.45) is 0.0560. The van der Waals surface area contributed by atoms with E-state index in [1.807, 2.05) is 32.0 Å². The highest BCUT2D eigenvalue weighted by Crippen LogP contribution is 2.11. The molecule has 1 saturated heterocycles. The normalized spacial score (nSPS) is 23.1. The van der Waals surface area contributed by atoms with Crippen molar-refractivity contribution in [2.75, 3.05) is 20.2 Å². The Labute approximate surface area is 108 Å². The smallest absolute Gasteiger partial charge is 0.251 e. The lowest BCUT2D eigenvalue weighted by molar-refractivity contribution is 0.0780. The molecule has 1 amide bonds. The van der Waals surface area contributed by atoms with E-state index < -0.39 is 0 Å². The van der Waals surface area contributed by atoms with Gasteiger partial charge < -0.3 is 15.4 Å². The monoisotopic (exact) mass is 248 g/mol. The van der Waals surface area contributed by atoms with E-state index in [4.69, 9.17) is 4.74 Å². The zero-order chi connectivity index (χ0) is 13.1. The van der Waals surface area contributed by atoms with Gasteiger partial charge in [-0.05, 0) is 37.1 Å². The van der Waals surface area contributed by atoms with Crippen molar-refractivity contribution in [3.63, 3.8) is 0 Å². The number of hydrogen-bond donors (Lipinski definition) is 2. The van der Waals surface area contributed by atoms with Gasteiger partial charge in [-0.2, -0.15) is 0 Å². The minimum atomic E-state index is -0.0335. The Kier molecular flexibility index (Phi) is 3.99. The van der Waals surface area contributed by atoms with Gasteiger partial charge in [0.25, 0.3) is 5.91 Å². The van der Waals surface area contributed by atoms with Gasteiger partial charge in [0.15, 0.2) is 0 Å². The lowest BCUT2D eigenvalue weighted by Gasteiger charge is -2.18. The SMILES string of the molecule is CO[C@H]1CNCC1NC(=O)c1ccc(C)c(C)c1. The van der Waals surface area contributed by atoms with E-state index in [0.717, 1.165) is 18.7 Å². The van der Waals surface area contributed by atoms with E-state index >= 15 is 0 Å². The second-order valence-electron chi connectivity index (χ2n) is 4.81. The molecule has 4 nitrogen and oxygen atoms in total. The summed E-state index contributed by atoms with van der Waals surface area (Å²) in [5, 5.41) is 6.23. The molecule has 0 aromatic heterocycles. The van der Waals surface area contributed by atoms with Crippen molar-refractivity contribution in [2.45, 2.75) is 26.0 Å². The first-order valence-corrected chi connectivity index (χ1v) is 6.23. The number of hydrogen-bond acceptors (Lipinski definition) is 3. The van der Waals surface area contributed by atoms with E-state index in [9.17, 15) is 4.79 Å². The van der Waals surface area contributed by atoms with Gasteiger partial charge in [-0.15, -0.1) is 0 Å². The predicted octanol–water partition coefficient (Wildman–Crippen LogP) is 1.02. The first kappa shape index (κ1) is 13.1. The molecule has 0 radical (unpaired) electrons. The van der Waals surface area contributed by atoms with Crippen LogP contribution in [0.15, 0.2) is 18.2 Å².